The Labute approximate surface area is 169 Å². The van der Waals surface area contributed by atoms with Gasteiger partial charge >= 0.3 is 6.36 Å². The monoisotopic (exact) mass is 420 g/mol. The van der Waals surface area contributed by atoms with E-state index in [9.17, 15) is 18.0 Å². The predicted octanol–water partition coefficient (Wildman–Crippen LogP) is 1.85. The normalized spacial score (nSPS) is 14.9. The highest BCUT2D eigenvalue weighted by Crippen LogP contribution is 2.26. The summed E-state index contributed by atoms with van der Waals surface area (Å²) in [5.41, 5.74) is 1.37. The highest BCUT2D eigenvalue weighted by atomic mass is 19.4. The Balaban J connectivity index is 1.85. The molecular weight excluding hydrogens is 401 g/mol. The largest absolute Gasteiger partial charge is 0.573 e. The SMILES string of the molecule is Cc1cnc2cc(N3CCNCC3)c(=O)n(Cc3ncccc3OC(F)(F)F)c2n1. The Morgan fingerprint density at radius 2 is 2.00 bits per heavy atom. The molecule has 0 bridgehead atoms. The maximum absolute atomic E-state index is 13.3. The molecule has 1 N–H and O–H groups in total. The molecule has 3 aromatic rings. The second-order valence-corrected chi connectivity index (χ2v) is 6.87. The molecule has 158 valence electrons. The lowest BCUT2D eigenvalue weighted by molar-refractivity contribution is -0.275. The number of ether oxygens (including phenoxy) is 1. The van der Waals surface area contributed by atoms with Crippen LogP contribution in [-0.2, 0) is 6.54 Å². The Kier molecular flexibility index (Phi) is 5.29. The van der Waals surface area contributed by atoms with E-state index in [0.717, 1.165) is 13.1 Å². The third kappa shape index (κ3) is 4.20. The molecular formula is C19H19F3N6O2. The van der Waals surface area contributed by atoms with Gasteiger partial charge in [0.1, 0.15) is 16.9 Å². The zero-order chi connectivity index (χ0) is 21.3. The standard InChI is InChI=1S/C19H19F3N6O2/c1-12-10-25-13-9-15(27-7-5-23-6-8-27)18(29)28(17(13)26-12)11-14-16(3-2-4-24-14)30-19(20,21)22/h2-4,9-10,23H,5-8,11H2,1H3. The van der Waals surface area contributed by atoms with Gasteiger partial charge in [-0.25, -0.2) is 4.98 Å². The van der Waals surface area contributed by atoms with E-state index >= 15 is 0 Å². The number of nitrogens with zero attached hydrogens (tertiary/aromatic N) is 5. The number of aryl methyl sites for hydroxylation is 1. The first-order chi connectivity index (χ1) is 14.3. The third-order valence-corrected chi connectivity index (χ3v) is 4.73. The fraction of sp³-hybridized carbons (Fsp3) is 0.368. The molecule has 0 amide bonds. The van der Waals surface area contributed by atoms with Crippen LogP contribution in [0.15, 0.2) is 35.4 Å². The van der Waals surface area contributed by atoms with E-state index in [-0.39, 0.29) is 23.4 Å². The lowest BCUT2D eigenvalue weighted by Gasteiger charge is -2.29. The first kappa shape index (κ1) is 20.1. The van der Waals surface area contributed by atoms with E-state index in [1.807, 2.05) is 4.90 Å². The molecule has 4 heterocycles. The maximum atomic E-state index is 13.3. The first-order valence-electron chi connectivity index (χ1n) is 9.34. The highest BCUT2D eigenvalue weighted by Gasteiger charge is 2.32. The van der Waals surface area contributed by atoms with Crippen LogP contribution in [0.3, 0.4) is 0 Å². The van der Waals surface area contributed by atoms with Crippen LogP contribution in [0.4, 0.5) is 18.9 Å². The molecule has 11 heteroatoms. The topological polar surface area (TPSA) is 85.2 Å². The number of anilines is 1. The van der Waals surface area contributed by atoms with Crippen LogP contribution in [0.2, 0.25) is 0 Å². The third-order valence-electron chi connectivity index (χ3n) is 4.73. The fourth-order valence-electron chi connectivity index (χ4n) is 3.39. The van der Waals surface area contributed by atoms with E-state index in [4.69, 9.17) is 0 Å². The molecule has 0 saturated carbocycles. The molecule has 4 rings (SSSR count). The molecule has 0 atom stereocenters. The van der Waals surface area contributed by atoms with Gasteiger partial charge < -0.3 is 15.0 Å². The molecule has 0 unspecified atom stereocenters. The van der Waals surface area contributed by atoms with Gasteiger partial charge in [0.2, 0.25) is 0 Å². The van der Waals surface area contributed by atoms with E-state index in [2.05, 4.69) is 25.0 Å². The number of hydrogen-bond donors (Lipinski definition) is 1. The van der Waals surface area contributed by atoms with Crippen LogP contribution in [0.25, 0.3) is 11.2 Å². The molecule has 1 saturated heterocycles. The van der Waals surface area contributed by atoms with Crippen molar-refractivity contribution in [2.75, 3.05) is 31.1 Å². The minimum absolute atomic E-state index is 0.0287. The average Bonchev–Trinajstić information content (AvgIpc) is 2.71. The van der Waals surface area contributed by atoms with Crippen LogP contribution in [0.5, 0.6) is 5.75 Å². The zero-order valence-electron chi connectivity index (χ0n) is 16.1. The maximum Gasteiger partial charge on any atom is 0.573 e. The Morgan fingerprint density at radius 3 is 2.73 bits per heavy atom. The molecule has 30 heavy (non-hydrogen) atoms. The van der Waals surface area contributed by atoms with Crippen molar-refractivity contribution >= 4 is 16.9 Å². The van der Waals surface area contributed by atoms with E-state index in [1.54, 1.807) is 19.2 Å². The van der Waals surface area contributed by atoms with Crippen molar-refractivity contribution in [1.82, 2.24) is 24.8 Å². The number of pyridine rings is 2. The van der Waals surface area contributed by atoms with Gasteiger partial charge in [0.25, 0.3) is 5.56 Å². The van der Waals surface area contributed by atoms with Crippen molar-refractivity contribution in [3.05, 3.63) is 52.3 Å². The minimum atomic E-state index is -4.87. The van der Waals surface area contributed by atoms with Crippen molar-refractivity contribution in [2.24, 2.45) is 0 Å². The number of alkyl halides is 3. The van der Waals surface area contributed by atoms with E-state index in [0.29, 0.717) is 30.0 Å². The van der Waals surface area contributed by atoms with Gasteiger partial charge in [-0.05, 0) is 25.1 Å². The molecule has 0 radical (unpaired) electrons. The smallest absolute Gasteiger partial charge is 0.404 e. The number of piperazine rings is 1. The van der Waals surface area contributed by atoms with Crippen LogP contribution in [-0.4, -0.2) is 52.1 Å². The summed E-state index contributed by atoms with van der Waals surface area (Å²) >= 11 is 0. The van der Waals surface area contributed by atoms with Crippen LogP contribution in [0, 0.1) is 6.92 Å². The Bertz CT molecular complexity index is 1130. The summed E-state index contributed by atoms with van der Waals surface area (Å²) < 4.78 is 43.8. The van der Waals surface area contributed by atoms with Gasteiger partial charge in [-0.2, -0.15) is 0 Å². The van der Waals surface area contributed by atoms with Crippen molar-refractivity contribution in [2.45, 2.75) is 19.8 Å². The summed E-state index contributed by atoms with van der Waals surface area (Å²) in [5.74, 6) is -0.460. The number of halogens is 3. The van der Waals surface area contributed by atoms with E-state index < -0.39 is 12.1 Å². The van der Waals surface area contributed by atoms with Crippen LogP contribution >= 0.6 is 0 Å². The summed E-state index contributed by atoms with van der Waals surface area (Å²) in [7, 11) is 0. The van der Waals surface area contributed by atoms with Crippen molar-refractivity contribution in [3.63, 3.8) is 0 Å². The predicted molar refractivity (Wildman–Crippen MR) is 104 cm³/mol. The number of rotatable bonds is 4. The van der Waals surface area contributed by atoms with Crippen molar-refractivity contribution in [3.8, 4) is 5.75 Å². The van der Waals surface area contributed by atoms with Gasteiger partial charge in [-0.15, -0.1) is 13.2 Å². The lowest BCUT2D eigenvalue weighted by Crippen LogP contribution is -2.46. The summed E-state index contributed by atoms with van der Waals surface area (Å²) in [6.45, 7) is 4.20. The second-order valence-electron chi connectivity index (χ2n) is 6.87. The average molecular weight is 420 g/mol. The molecule has 1 aliphatic rings. The fourth-order valence-corrected chi connectivity index (χ4v) is 3.39. The molecule has 1 fully saturated rings. The second kappa shape index (κ2) is 7.90. The Morgan fingerprint density at radius 1 is 1.23 bits per heavy atom. The molecule has 8 nitrogen and oxygen atoms in total. The quantitative estimate of drug-likeness (QED) is 0.690. The minimum Gasteiger partial charge on any atom is -0.404 e. The van der Waals surface area contributed by atoms with Gasteiger partial charge in [-0.3, -0.25) is 19.3 Å². The highest BCUT2D eigenvalue weighted by molar-refractivity contribution is 5.75. The van der Waals surface area contributed by atoms with Gasteiger partial charge in [0, 0.05) is 38.6 Å². The summed E-state index contributed by atoms with van der Waals surface area (Å²) in [5, 5.41) is 3.22. The van der Waals surface area contributed by atoms with E-state index in [1.165, 1.54) is 22.9 Å². The molecule has 0 spiro atoms. The summed E-state index contributed by atoms with van der Waals surface area (Å²) in [6, 6.07) is 4.18. The van der Waals surface area contributed by atoms with Crippen LogP contribution < -0.4 is 20.5 Å². The first-order valence-corrected chi connectivity index (χ1v) is 9.34. The molecule has 3 aromatic heterocycles. The lowest BCUT2D eigenvalue weighted by atomic mass is 10.2. The number of aromatic nitrogens is 4. The van der Waals surface area contributed by atoms with Crippen molar-refractivity contribution < 1.29 is 17.9 Å². The van der Waals surface area contributed by atoms with Crippen LogP contribution in [0.1, 0.15) is 11.4 Å². The number of fused-ring (bicyclic) bond motifs is 1. The molecule has 1 aliphatic heterocycles. The summed E-state index contributed by atoms with van der Waals surface area (Å²) in [4.78, 5) is 28.1. The number of hydrogen-bond acceptors (Lipinski definition) is 7. The van der Waals surface area contributed by atoms with Gasteiger partial charge in [0.05, 0.1) is 12.2 Å². The summed E-state index contributed by atoms with van der Waals surface area (Å²) in [6.07, 6.45) is -1.94. The van der Waals surface area contributed by atoms with Crippen molar-refractivity contribution in [1.29, 1.82) is 0 Å². The van der Waals surface area contributed by atoms with Gasteiger partial charge in [-0.1, -0.05) is 0 Å². The number of nitrogens with one attached hydrogen (secondary N) is 1. The Hall–Kier alpha value is -3.21. The zero-order valence-corrected chi connectivity index (χ0v) is 16.1. The van der Waals surface area contributed by atoms with Gasteiger partial charge in [0.15, 0.2) is 11.4 Å². The molecule has 0 aromatic carbocycles. The molecule has 0 aliphatic carbocycles.